The van der Waals surface area contributed by atoms with Gasteiger partial charge in [0.1, 0.15) is 11.6 Å². The standard InChI is InChI=1S/C12H17N5/c1-4-13-10-8-11(17-7-5-6-14-17)16-12(15-10)9(2)3/h5-9H,4H2,1-3H3,(H,13,15,16). The summed E-state index contributed by atoms with van der Waals surface area (Å²) in [5.74, 6) is 2.76. The average molecular weight is 231 g/mol. The molecule has 0 unspecified atom stereocenters. The molecule has 0 aliphatic rings. The molecule has 0 aliphatic carbocycles. The van der Waals surface area contributed by atoms with E-state index < -0.39 is 0 Å². The highest BCUT2D eigenvalue weighted by atomic mass is 15.3. The lowest BCUT2D eigenvalue weighted by molar-refractivity contribution is 0.746. The van der Waals surface area contributed by atoms with E-state index in [2.05, 4.69) is 34.2 Å². The number of aromatic nitrogens is 4. The van der Waals surface area contributed by atoms with E-state index >= 15 is 0 Å². The van der Waals surface area contributed by atoms with Crippen molar-refractivity contribution in [2.24, 2.45) is 0 Å². The number of hydrogen-bond donors (Lipinski definition) is 1. The molecule has 2 aromatic rings. The Bertz CT molecular complexity index is 476. The van der Waals surface area contributed by atoms with Gasteiger partial charge in [0.25, 0.3) is 0 Å². The molecule has 90 valence electrons. The fourth-order valence-electron chi connectivity index (χ4n) is 1.50. The zero-order valence-electron chi connectivity index (χ0n) is 10.4. The second-order valence-electron chi connectivity index (χ2n) is 4.11. The van der Waals surface area contributed by atoms with Crippen LogP contribution < -0.4 is 5.32 Å². The van der Waals surface area contributed by atoms with Gasteiger partial charge in [0, 0.05) is 30.9 Å². The third kappa shape index (κ3) is 2.61. The summed E-state index contributed by atoms with van der Waals surface area (Å²) in [5.41, 5.74) is 0. The van der Waals surface area contributed by atoms with Gasteiger partial charge in [0.05, 0.1) is 0 Å². The molecule has 1 N–H and O–H groups in total. The maximum Gasteiger partial charge on any atom is 0.159 e. The normalized spacial score (nSPS) is 10.8. The summed E-state index contributed by atoms with van der Waals surface area (Å²) < 4.78 is 1.74. The van der Waals surface area contributed by atoms with Gasteiger partial charge < -0.3 is 5.32 Å². The number of nitrogens with zero attached hydrogens (tertiary/aromatic N) is 4. The lowest BCUT2D eigenvalue weighted by atomic mass is 10.2. The zero-order chi connectivity index (χ0) is 12.3. The second kappa shape index (κ2) is 4.95. The Morgan fingerprint density at radius 1 is 1.35 bits per heavy atom. The molecule has 0 saturated heterocycles. The highest BCUT2D eigenvalue weighted by Crippen LogP contribution is 2.15. The summed E-state index contributed by atoms with van der Waals surface area (Å²) in [6.07, 6.45) is 3.62. The van der Waals surface area contributed by atoms with E-state index in [1.807, 2.05) is 25.3 Å². The molecule has 5 heteroatoms. The highest BCUT2D eigenvalue weighted by molar-refractivity contribution is 5.41. The van der Waals surface area contributed by atoms with E-state index in [1.54, 1.807) is 10.9 Å². The van der Waals surface area contributed by atoms with E-state index in [0.717, 1.165) is 24.0 Å². The first-order chi connectivity index (χ1) is 8.20. The molecule has 0 bridgehead atoms. The van der Waals surface area contributed by atoms with Gasteiger partial charge in [-0.25, -0.2) is 14.6 Å². The first-order valence-electron chi connectivity index (χ1n) is 5.83. The summed E-state index contributed by atoms with van der Waals surface area (Å²) in [5, 5.41) is 7.40. The van der Waals surface area contributed by atoms with E-state index in [-0.39, 0.29) is 0 Å². The number of hydrogen-bond acceptors (Lipinski definition) is 4. The molecular formula is C12H17N5. The van der Waals surface area contributed by atoms with Crippen LogP contribution in [-0.2, 0) is 0 Å². The molecule has 0 aliphatic heterocycles. The highest BCUT2D eigenvalue weighted by Gasteiger charge is 2.08. The monoisotopic (exact) mass is 231 g/mol. The largest absolute Gasteiger partial charge is 0.370 e. The summed E-state index contributed by atoms with van der Waals surface area (Å²) in [6, 6.07) is 3.78. The predicted octanol–water partition coefficient (Wildman–Crippen LogP) is 2.22. The quantitative estimate of drug-likeness (QED) is 0.876. The first-order valence-corrected chi connectivity index (χ1v) is 5.83. The molecule has 0 spiro atoms. The summed E-state index contributed by atoms with van der Waals surface area (Å²) >= 11 is 0. The van der Waals surface area contributed by atoms with Crippen molar-refractivity contribution in [1.82, 2.24) is 19.7 Å². The molecule has 2 heterocycles. The van der Waals surface area contributed by atoms with Crippen LogP contribution in [0.25, 0.3) is 5.82 Å². The van der Waals surface area contributed by atoms with Crippen LogP contribution in [0.15, 0.2) is 24.5 Å². The second-order valence-corrected chi connectivity index (χ2v) is 4.11. The minimum atomic E-state index is 0.294. The molecule has 2 rings (SSSR count). The van der Waals surface area contributed by atoms with Crippen molar-refractivity contribution in [1.29, 1.82) is 0 Å². The molecule has 0 saturated carbocycles. The van der Waals surface area contributed by atoms with Gasteiger partial charge in [0.15, 0.2) is 5.82 Å². The summed E-state index contributed by atoms with van der Waals surface area (Å²) in [4.78, 5) is 8.98. The van der Waals surface area contributed by atoms with Gasteiger partial charge in [-0.05, 0) is 13.0 Å². The summed E-state index contributed by atoms with van der Waals surface area (Å²) in [7, 11) is 0. The molecule has 0 radical (unpaired) electrons. The predicted molar refractivity (Wildman–Crippen MR) is 67.4 cm³/mol. The van der Waals surface area contributed by atoms with Crippen LogP contribution in [0.2, 0.25) is 0 Å². The molecule has 17 heavy (non-hydrogen) atoms. The zero-order valence-corrected chi connectivity index (χ0v) is 10.4. The van der Waals surface area contributed by atoms with Crippen molar-refractivity contribution < 1.29 is 0 Å². The average Bonchev–Trinajstić information content (AvgIpc) is 2.82. The molecule has 0 atom stereocenters. The van der Waals surface area contributed by atoms with E-state index in [4.69, 9.17) is 0 Å². The van der Waals surface area contributed by atoms with Crippen molar-refractivity contribution in [3.8, 4) is 5.82 Å². The van der Waals surface area contributed by atoms with E-state index in [1.165, 1.54) is 0 Å². The van der Waals surface area contributed by atoms with E-state index in [9.17, 15) is 0 Å². The first kappa shape index (κ1) is 11.6. The van der Waals surface area contributed by atoms with Crippen LogP contribution in [0.4, 0.5) is 5.82 Å². The minimum absolute atomic E-state index is 0.294. The lowest BCUT2D eigenvalue weighted by Crippen LogP contribution is -2.09. The van der Waals surface area contributed by atoms with Gasteiger partial charge in [-0.15, -0.1) is 0 Å². The van der Waals surface area contributed by atoms with Gasteiger partial charge in [-0.2, -0.15) is 5.10 Å². The van der Waals surface area contributed by atoms with Crippen LogP contribution in [-0.4, -0.2) is 26.3 Å². The lowest BCUT2D eigenvalue weighted by Gasteiger charge is -2.10. The Morgan fingerprint density at radius 2 is 2.18 bits per heavy atom. The smallest absolute Gasteiger partial charge is 0.159 e. The van der Waals surface area contributed by atoms with E-state index in [0.29, 0.717) is 5.92 Å². The molecule has 2 aromatic heterocycles. The van der Waals surface area contributed by atoms with Crippen LogP contribution in [0, 0.1) is 0 Å². The fourth-order valence-corrected chi connectivity index (χ4v) is 1.50. The maximum atomic E-state index is 4.51. The van der Waals surface area contributed by atoms with Gasteiger partial charge in [-0.1, -0.05) is 13.8 Å². The Balaban J connectivity index is 2.44. The molecular weight excluding hydrogens is 214 g/mol. The maximum absolute atomic E-state index is 4.51. The van der Waals surface area contributed by atoms with Crippen LogP contribution in [0.5, 0.6) is 0 Å². The Kier molecular flexibility index (Phi) is 3.37. The van der Waals surface area contributed by atoms with Gasteiger partial charge >= 0.3 is 0 Å². The van der Waals surface area contributed by atoms with Crippen molar-refractivity contribution >= 4 is 5.82 Å². The molecule has 0 amide bonds. The number of anilines is 1. The fraction of sp³-hybridized carbons (Fsp3) is 0.417. The Morgan fingerprint density at radius 3 is 2.76 bits per heavy atom. The van der Waals surface area contributed by atoms with Crippen molar-refractivity contribution in [3.63, 3.8) is 0 Å². The van der Waals surface area contributed by atoms with Crippen molar-refractivity contribution in [2.45, 2.75) is 26.7 Å². The topological polar surface area (TPSA) is 55.6 Å². The SMILES string of the molecule is CCNc1cc(-n2cccn2)nc(C(C)C)n1. The van der Waals surface area contributed by atoms with Crippen molar-refractivity contribution in [2.75, 3.05) is 11.9 Å². The van der Waals surface area contributed by atoms with Crippen LogP contribution >= 0.6 is 0 Å². The number of rotatable bonds is 4. The van der Waals surface area contributed by atoms with Gasteiger partial charge in [0.2, 0.25) is 0 Å². The molecule has 5 nitrogen and oxygen atoms in total. The third-order valence-electron chi connectivity index (χ3n) is 2.34. The minimum Gasteiger partial charge on any atom is -0.370 e. The third-order valence-corrected chi connectivity index (χ3v) is 2.34. The van der Waals surface area contributed by atoms with Crippen LogP contribution in [0.1, 0.15) is 32.5 Å². The van der Waals surface area contributed by atoms with Crippen LogP contribution in [0.3, 0.4) is 0 Å². The summed E-state index contributed by atoms with van der Waals surface area (Å²) in [6.45, 7) is 7.05. The molecule has 0 fully saturated rings. The number of nitrogens with one attached hydrogen (secondary N) is 1. The Labute approximate surface area is 101 Å². The molecule has 0 aromatic carbocycles. The van der Waals surface area contributed by atoms with Gasteiger partial charge in [-0.3, -0.25) is 0 Å². The Hall–Kier alpha value is -1.91. The van der Waals surface area contributed by atoms with Crippen molar-refractivity contribution in [3.05, 3.63) is 30.4 Å².